The number of para-hydroxylation sites is 1. The molecule has 7 heteroatoms. The van der Waals surface area contributed by atoms with E-state index in [4.69, 9.17) is 5.73 Å². The van der Waals surface area contributed by atoms with E-state index in [0.717, 1.165) is 38.9 Å². The summed E-state index contributed by atoms with van der Waals surface area (Å²) in [6, 6.07) is 9.90. The highest BCUT2D eigenvalue weighted by atomic mass is 16.1. The van der Waals surface area contributed by atoms with Crippen LogP contribution in [0.5, 0.6) is 0 Å². The topological polar surface area (TPSA) is 112 Å². The predicted molar refractivity (Wildman–Crippen MR) is 113 cm³/mol. The first-order valence-corrected chi connectivity index (χ1v) is 9.70. The molecule has 1 aromatic heterocycles. The van der Waals surface area contributed by atoms with Gasteiger partial charge in [0.25, 0.3) is 5.91 Å². The van der Waals surface area contributed by atoms with Crippen LogP contribution >= 0.6 is 0 Å². The molecule has 1 aliphatic carbocycles. The Balaban J connectivity index is 1.42. The zero-order valence-corrected chi connectivity index (χ0v) is 15.8. The Hall–Kier alpha value is -3.58. The Labute approximate surface area is 167 Å². The summed E-state index contributed by atoms with van der Waals surface area (Å²) in [5.41, 5.74) is 12.7. The Bertz CT molecular complexity index is 1190. The van der Waals surface area contributed by atoms with Crippen LogP contribution in [0.1, 0.15) is 27.2 Å². The van der Waals surface area contributed by atoms with Crippen LogP contribution in [0.3, 0.4) is 0 Å². The van der Waals surface area contributed by atoms with E-state index >= 15 is 0 Å². The van der Waals surface area contributed by atoms with Gasteiger partial charge in [-0.2, -0.15) is 5.10 Å². The number of nitrogens with zero attached hydrogens (tertiary/aromatic N) is 1. The molecule has 0 bridgehead atoms. The first-order chi connectivity index (χ1) is 14.2. The van der Waals surface area contributed by atoms with Crippen molar-refractivity contribution >= 4 is 22.9 Å². The molecule has 6 N–H and O–H groups in total. The molecule has 0 saturated heterocycles. The molecule has 1 atom stereocenters. The second kappa shape index (κ2) is 7.10. The fraction of sp³-hybridized carbons (Fsp3) is 0.182. The average Bonchev–Trinajstić information content (AvgIpc) is 3.25. The lowest BCUT2D eigenvalue weighted by molar-refractivity contribution is 0.0937. The number of benzene rings is 1. The van der Waals surface area contributed by atoms with Gasteiger partial charge in [-0.25, -0.2) is 0 Å². The van der Waals surface area contributed by atoms with Gasteiger partial charge >= 0.3 is 0 Å². The Morgan fingerprint density at radius 3 is 3.07 bits per heavy atom. The minimum atomic E-state index is -0.159. The van der Waals surface area contributed by atoms with Gasteiger partial charge in [0.15, 0.2) is 0 Å². The number of hydrogen-bond acceptors (Lipinski definition) is 4. The summed E-state index contributed by atoms with van der Waals surface area (Å²) in [6.07, 6.45) is 8.26. The van der Waals surface area contributed by atoms with Crippen molar-refractivity contribution in [3.05, 3.63) is 71.3 Å². The molecule has 1 amide bonds. The fourth-order valence-corrected chi connectivity index (χ4v) is 4.10. The number of aromatic amines is 2. The van der Waals surface area contributed by atoms with Crippen LogP contribution in [0.2, 0.25) is 0 Å². The van der Waals surface area contributed by atoms with Gasteiger partial charge in [-0.05, 0) is 42.0 Å². The highest BCUT2D eigenvalue weighted by molar-refractivity contribution is 6.01. The van der Waals surface area contributed by atoms with Crippen LogP contribution in [-0.4, -0.2) is 33.7 Å². The van der Waals surface area contributed by atoms with E-state index < -0.39 is 0 Å². The maximum Gasteiger partial charge on any atom is 0.251 e. The Morgan fingerprint density at radius 1 is 1.28 bits per heavy atom. The predicted octanol–water partition coefficient (Wildman–Crippen LogP) is 2.37. The SMILES string of the molecule is NC[C@H](Cc1c[nH]c2ccccc12)NC(=O)c1cc2c[nH]nc3c-2c1CNC=C3. The number of aromatic nitrogens is 3. The van der Waals surface area contributed by atoms with Crippen molar-refractivity contribution in [2.24, 2.45) is 5.73 Å². The number of rotatable bonds is 5. The largest absolute Gasteiger partial charge is 0.387 e. The van der Waals surface area contributed by atoms with E-state index in [2.05, 4.69) is 31.9 Å². The van der Waals surface area contributed by atoms with E-state index in [1.54, 1.807) is 0 Å². The van der Waals surface area contributed by atoms with E-state index in [1.807, 2.05) is 48.9 Å². The summed E-state index contributed by atoms with van der Waals surface area (Å²) in [5.74, 6) is -0.110. The van der Waals surface area contributed by atoms with Gasteiger partial charge in [-0.1, -0.05) is 18.2 Å². The van der Waals surface area contributed by atoms with Crippen LogP contribution in [0, 0.1) is 0 Å². The smallest absolute Gasteiger partial charge is 0.251 e. The van der Waals surface area contributed by atoms with Gasteiger partial charge in [0.05, 0.1) is 5.69 Å². The van der Waals surface area contributed by atoms with Crippen molar-refractivity contribution in [2.75, 3.05) is 6.54 Å². The monoisotopic (exact) mass is 386 g/mol. The molecule has 0 radical (unpaired) electrons. The minimum Gasteiger partial charge on any atom is -0.387 e. The Morgan fingerprint density at radius 2 is 2.17 bits per heavy atom. The number of nitrogens with one attached hydrogen (secondary N) is 4. The van der Waals surface area contributed by atoms with E-state index in [1.165, 1.54) is 0 Å². The number of amides is 1. The molecule has 2 aliphatic heterocycles. The number of fused-ring (bicyclic) bond motifs is 1. The summed E-state index contributed by atoms with van der Waals surface area (Å²) >= 11 is 0. The van der Waals surface area contributed by atoms with Crippen LogP contribution < -0.4 is 16.4 Å². The number of nitrogens with two attached hydrogens (primary N) is 1. The summed E-state index contributed by atoms with van der Waals surface area (Å²) in [5, 5.41) is 14.7. The lowest BCUT2D eigenvalue weighted by Crippen LogP contribution is -2.41. The van der Waals surface area contributed by atoms with Crippen molar-refractivity contribution < 1.29 is 4.79 Å². The average molecular weight is 386 g/mol. The molecule has 1 aromatic carbocycles. The van der Waals surface area contributed by atoms with Gasteiger partial charge in [0.1, 0.15) is 0 Å². The summed E-state index contributed by atoms with van der Waals surface area (Å²) in [4.78, 5) is 16.4. The first-order valence-electron chi connectivity index (χ1n) is 9.70. The summed E-state index contributed by atoms with van der Waals surface area (Å²) in [6.45, 7) is 0.943. The third-order valence-corrected chi connectivity index (χ3v) is 5.52. The summed E-state index contributed by atoms with van der Waals surface area (Å²) < 4.78 is 0. The zero-order chi connectivity index (χ0) is 19.8. The molecule has 0 spiro atoms. The molecule has 5 rings (SSSR count). The Kier molecular flexibility index (Phi) is 4.29. The highest BCUT2D eigenvalue weighted by Crippen LogP contribution is 2.35. The highest BCUT2D eigenvalue weighted by Gasteiger charge is 2.25. The van der Waals surface area contributed by atoms with Crippen LogP contribution in [-0.2, 0) is 13.0 Å². The van der Waals surface area contributed by atoms with Gasteiger partial charge in [-0.15, -0.1) is 0 Å². The molecular weight excluding hydrogens is 364 g/mol. The summed E-state index contributed by atoms with van der Waals surface area (Å²) in [7, 11) is 0. The number of hydrogen-bond donors (Lipinski definition) is 5. The van der Waals surface area contributed by atoms with Crippen LogP contribution in [0.4, 0.5) is 0 Å². The normalized spacial score (nSPS) is 14.0. The van der Waals surface area contributed by atoms with Crippen LogP contribution in [0.25, 0.3) is 28.1 Å². The van der Waals surface area contributed by atoms with Crippen molar-refractivity contribution in [1.82, 2.24) is 25.8 Å². The van der Waals surface area contributed by atoms with Crippen molar-refractivity contribution in [1.29, 1.82) is 0 Å². The van der Waals surface area contributed by atoms with Crippen molar-refractivity contribution in [2.45, 2.75) is 19.0 Å². The molecular formula is C22H22N6O. The van der Waals surface area contributed by atoms with E-state index in [-0.39, 0.29) is 11.9 Å². The van der Waals surface area contributed by atoms with Gasteiger partial charge in [0.2, 0.25) is 0 Å². The van der Waals surface area contributed by atoms with E-state index in [9.17, 15) is 4.79 Å². The molecule has 3 aliphatic rings. The number of carbonyl (C=O) groups excluding carboxylic acids is 1. The second-order valence-electron chi connectivity index (χ2n) is 7.32. The van der Waals surface area contributed by atoms with Gasteiger partial charge in [0, 0.05) is 59.1 Å². The molecule has 0 saturated carbocycles. The molecule has 7 nitrogen and oxygen atoms in total. The van der Waals surface area contributed by atoms with Crippen molar-refractivity contribution in [3.8, 4) is 11.1 Å². The second-order valence-corrected chi connectivity index (χ2v) is 7.32. The quantitative estimate of drug-likeness (QED) is 0.362. The number of carbonyl (C=O) groups is 1. The first kappa shape index (κ1) is 17.5. The molecule has 146 valence electrons. The van der Waals surface area contributed by atoms with E-state index in [0.29, 0.717) is 25.1 Å². The molecule has 2 aromatic rings. The molecule has 0 fully saturated rings. The third-order valence-electron chi connectivity index (χ3n) is 5.52. The molecule has 29 heavy (non-hydrogen) atoms. The zero-order valence-electron chi connectivity index (χ0n) is 15.8. The number of H-pyrrole nitrogens is 2. The molecule has 3 heterocycles. The van der Waals surface area contributed by atoms with Crippen molar-refractivity contribution in [3.63, 3.8) is 0 Å². The third kappa shape index (κ3) is 3.05. The maximum atomic E-state index is 13.1. The standard InChI is InChI=1S/C22H22N6O/c23-9-15(7-13-10-25-19-4-2-1-3-16(13)19)27-22(29)17-8-14-11-26-28-20-5-6-24-12-18(17)21(14)20/h1-6,8,10-11,15,24-26H,7,9,12,23H2,(H,27,29)/t15-/m0/s1. The lowest BCUT2D eigenvalue weighted by Gasteiger charge is -2.17. The minimum absolute atomic E-state index is 0.110. The van der Waals surface area contributed by atoms with Gasteiger partial charge in [-0.3, -0.25) is 9.89 Å². The fourth-order valence-electron chi connectivity index (χ4n) is 4.10. The molecule has 0 unspecified atom stereocenters. The maximum absolute atomic E-state index is 13.1. The van der Waals surface area contributed by atoms with Gasteiger partial charge < -0.3 is 21.4 Å². The van der Waals surface area contributed by atoms with Crippen LogP contribution in [0.15, 0.2) is 48.9 Å². The lowest BCUT2D eigenvalue weighted by atomic mass is 10.0.